The quantitative estimate of drug-likeness (QED) is 0.902. The van der Waals surface area contributed by atoms with Gasteiger partial charge in [-0.15, -0.1) is 0 Å². The molecule has 0 spiro atoms. The van der Waals surface area contributed by atoms with Gasteiger partial charge in [-0.1, -0.05) is 6.92 Å². The van der Waals surface area contributed by atoms with Gasteiger partial charge in [0.25, 0.3) is 0 Å². The number of ether oxygens (including phenoxy) is 1. The maximum Gasteiger partial charge on any atom is 0.135 e. The first-order valence-corrected chi connectivity index (χ1v) is 5.97. The lowest BCUT2D eigenvalue weighted by atomic mass is 10.0. The molecule has 0 fully saturated rings. The van der Waals surface area contributed by atoms with Gasteiger partial charge in [0.2, 0.25) is 0 Å². The standard InChI is InChI=1S/C14H15F2NO2/c1-3-17-14(12-5-4-6-19-12)13-10(15)7-9(18-2)8-11(13)16/h4-8,14,17H,3H2,1-2H3. The minimum absolute atomic E-state index is 0.0717. The Morgan fingerprint density at radius 1 is 1.32 bits per heavy atom. The maximum atomic E-state index is 14.1. The number of hydrogen-bond donors (Lipinski definition) is 1. The van der Waals surface area contributed by atoms with Gasteiger partial charge in [-0.05, 0) is 18.7 Å². The summed E-state index contributed by atoms with van der Waals surface area (Å²) in [6, 6.07) is 5.01. The monoisotopic (exact) mass is 267 g/mol. The lowest BCUT2D eigenvalue weighted by molar-refractivity contribution is 0.397. The zero-order chi connectivity index (χ0) is 13.8. The fourth-order valence-corrected chi connectivity index (χ4v) is 1.96. The Bertz CT molecular complexity index is 517. The van der Waals surface area contributed by atoms with Crippen molar-refractivity contribution in [1.29, 1.82) is 0 Å². The third-order valence-electron chi connectivity index (χ3n) is 2.81. The Labute approximate surface area is 110 Å². The van der Waals surface area contributed by atoms with Crippen molar-refractivity contribution >= 4 is 0 Å². The Balaban J connectivity index is 2.48. The molecular formula is C14H15F2NO2. The first-order chi connectivity index (χ1) is 9.17. The first-order valence-electron chi connectivity index (χ1n) is 5.97. The van der Waals surface area contributed by atoms with E-state index in [0.29, 0.717) is 12.3 Å². The van der Waals surface area contributed by atoms with Crippen LogP contribution in [0.4, 0.5) is 8.78 Å². The van der Waals surface area contributed by atoms with Crippen molar-refractivity contribution in [2.75, 3.05) is 13.7 Å². The number of nitrogens with one attached hydrogen (secondary N) is 1. The molecule has 0 radical (unpaired) electrons. The second-order valence-electron chi connectivity index (χ2n) is 4.01. The topological polar surface area (TPSA) is 34.4 Å². The van der Waals surface area contributed by atoms with Crippen LogP contribution in [0.5, 0.6) is 5.75 Å². The molecule has 2 rings (SSSR count). The molecule has 0 aliphatic heterocycles. The summed E-state index contributed by atoms with van der Waals surface area (Å²) in [7, 11) is 1.36. The molecule has 3 nitrogen and oxygen atoms in total. The van der Waals surface area contributed by atoms with Crippen LogP contribution in [0.15, 0.2) is 34.9 Å². The second-order valence-corrected chi connectivity index (χ2v) is 4.01. The van der Waals surface area contributed by atoms with Crippen LogP contribution >= 0.6 is 0 Å². The fourth-order valence-electron chi connectivity index (χ4n) is 1.96. The van der Waals surface area contributed by atoms with Crippen LogP contribution in [0, 0.1) is 11.6 Å². The van der Waals surface area contributed by atoms with Gasteiger partial charge in [-0.2, -0.15) is 0 Å². The predicted molar refractivity (Wildman–Crippen MR) is 67.1 cm³/mol. The number of benzene rings is 1. The van der Waals surface area contributed by atoms with Gasteiger partial charge in [0, 0.05) is 17.7 Å². The van der Waals surface area contributed by atoms with Crippen LogP contribution < -0.4 is 10.1 Å². The smallest absolute Gasteiger partial charge is 0.135 e. The first kappa shape index (κ1) is 13.5. The zero-order valence-corrected chi connectivity index (χ0v) is 10.7. The van der Waals surface area contributed by atoms with Crippen molar-refractivity contribution in [3.63, 3.8) is 0 Å². The molecule has 0 saturated heterocycles. The molecule has 102 valence electrons. The van der Waals surface area contributed by atoms with E-state index in [0.717, 1.165) is 12.1 Å². The highest BCUT2D eigenvalue weighted by Crippen LogP contribution is 2.30. The molecule has 0 aliphatic rings. The van der Waals surface area contributed by atoms with Crippen molar-refractivity contribution in [2.24, 2.45) is 0 Å². The highest BCUT2D eigenvalue weighted by atomic mass is 19.1. The van der Waals surface area contributed by atoms with Gasteiger partial charge < -0.3 is 14.5 Å². The molecule has 0 amide bonds. The highest BCUT2D eigenvalue weighted by molar-refractivity contribution is 5.35. The number of hydrogen-bond acceptors (Lipinski definition) is 3. The molecule has 0 bridgehead atoms. The summed E-state index contributed by atoms with van der Waals surface area (Å²) in [6.07, 6.45) is 1.47. The fraction of sp³-hybridized carbons (Fsp3) is 0.286. The van der Waals surface area contributed by atoms with E-state index in [1.165, 1.54) is 13.4 Å². The molecule has 19 heavy (non-hydrogen) atoms. The van der Waals surface area contributed by atoms with Gasteiger partial charge in [0.1, 0.15) is 23.1 Å². The van der Waals surface area contributed by atoms with Crippen molar-refractivity contribution < 1.29 is 17.9 Å². The molecule has 1 atom stereocenters. The highest BCUT2D eigenvalue weighted by Gasteiger charge is 2.24. The Morgan fingerprint density at radius 3 is 2.47 bits per heavy atom. The van der Waals surface area contributed by atoms with Gasteiger partial charge in [-0.25, -0.2) is 8.78 Å². The molecular weight excluding hydrogens is 252 g/mol. The Hall–Kier alpha value is -1.88. The van der Waals surface area contributed by atoms with Crippen LogP contribution in [0.25, 0.3) is 0 Å². The van der Waals surface area contributed by atoms with E-state index in [4.69, 9.17) is 9.15 Å². The summed E-state index contributed by atoms with van der Waals surface area (Å²) in [4.78, 5) is 0. The Morgan fingerprint density at radius 2 is 2.00 bits per heavy atom. The molecule has 1 N–H and O–H groups in total. The van der Waals surface area contributed by atoms with Gasteiger partial charge in [-0.3, -0.25) is 0 Å². The molecule has 1 aromatic carbocycles. The average Bonchev–Trinajstić information content (AvgIpc) is 2.90. The lowest BCUT2D eigenvalue weighted by Crippen LogP contribution is -2.23. The van der Waals surface area contributed by atoms with E-state index in [-0.39, 0.29) is 11.3 Å². The summed E-state index contributed by atoms with van der Waals surface area (Å²) in [5.74, 6) is -0.725. The van der Waals surface area contributed by atoms with Crippen LogP contribution in [0.1, 0.15) is 24.3 Å². The van der Waals surface area contributed by atoms with Crippen molar-refractivity contribution in [3.05, 3.63) is 53.5 Å². The summed E-state index contributed by atoms with van der Waals surface area (Å²) in [6.45, 7) is 2.41. The van der Waals surface area contributed by atoms with E-state index in [1.807, 2.05) is 6.92 Å². The summed E-state index contributed by atoms with van der Waals surface area (Å²) < 4.78 is 38.2. The van der Waals surface area contributed by atoms with E-state index >= 15 is 0 Å². The van der Waals surface area contributed by atoms with Gasteiger partial charge >= 0.3 is 0 Å². The summed E-state index contributed by atoms with van der Waals surface area (Å²) >= 11 is 0. The average molecular weight is 267 g/mol. The van der Waals surface area contributed by atoms with Crippen LogP contribution in [0.2, 0.25) is 0 Å². The van der Waals surface area contributed by atoms with Gasteiger partial charge in [0.05, 0.1) is 19.4 Å². The van der Waals surface area contributed by atoms with Crippen molar-refractivity contribution in [2.45, 2.75) is 13.0 Å². The number of rotatable bonds is 5. The largest absolute Gasteiger partial charge is 0.497 e. The third-order valence-corrected chi connectivity index (χ3v) is 2.81. The van der Waals surface area contributed by atoms with Crippen molar-refractivity contribution in [1.82, 2.24) is 5.32 Å². The summed E-state index contributed by atoms with van der Waals surface area (Å²) in [5.41, 5.74) is -0.0717. The van der Waals surface area contributed by atoms with Gasteiger partial charge in [0.15, 0.2) is 0 Å². The third kappa shape index (κ3) is 2.76. The lowest BCUT2D eigenvalue weighted by Gasteiger charge is -2.18. The van der Waals surface area contributed by atoms with Crippen LogP contribution in [0.3, 0.4) is 0 Å². The normalized spacial score (nSPS) is 12.4. The molecule has 1 heterocycles. The number of methoxy groups -OCH3 is 1. The second kappa shape index (κ2) is 5.84. The van der Waals surface area contributed by atoms with E-state index < -0.39 is 17.7 Å². The SMILES string of the molecule is CCNC(c1ccco1)c1c(F)cc(OC)cc1F. The van der Waals surface area contributed by atoms with E-state index in [2.05, 4.69) is 5.32 Å². The van der Waals surface area contributed by atoms with Crippen LogP contribution in [-0.2, 0) is 0 Å². The molecule has 1 unspecified atom stereocenters. The molecule has 5 heteroatoms. The zero-order valence-electron chi connectivity index (χ0n) is 10.7. The van der Waals surface area contributed by atoms with E-state index in [9.17, 15) is 8.78 Å². The molecule has 0 saturated carbocycles. The number of halogens is 2. The predicted octanol–water partition coefficient (Wildman–Crippen LogP) is 3.27. The summed E-state index contributed by atoms with van der Waals surface area (Å²) in [5, 5.41) is 3.01. The Kier molecular flexibility index (Phi) is 4.16. The molecule has 1 aromatic heterocycles. The minimum atomic E-state index is -0.667. The minimum Gasteiger partial charge on any atom is -0.497 e. The molecule has 2 aromatic rings. The molecule has 0 aliphatic carbocycles. The number of furan rings is 1. The van der Waals surface area contributed by atoms with Crippen LogP contribution in [-0.4, -0.2) is 13.7 Å². The maximum absolute atomic E-state index is 14.1. The van der Waals surface area contributed by atoms with Crippen molar-refractivity contribution in [3.8, 4) is 5.75 Å². The van der Waals surface area contributed by atoms with E-state index in [1.54, 1.807) is 12.1 Å².